The maximum Gasteiger partial charge on any atom is 0.275 e. The molecule has 0 aromatic heterocycles. The Morgan fingerprint density at radius 3 is 2.61 bits per heavy atom. The van der Waals surface area contributed by atoms with Crippen molar-refractivity contribution in [2.24, 2.45) is 5.10 Å². The molecule has 0 aliphatic carbocycles. The molecule has 2 N–H and O–H groups in total. The van der Waals surface area contributed by atoms with Crippen LogP contribution in [0.5, 0.6) is 17.2 Å². The van der Waals surface area contributed by atoms with Crippen molar-refractivity contribution in [1.29, 1.82) is 0 Å². The number of hydrogen-bond acceptors (Lipinski definition) is 5. The molecule has 6 nitrogen and oxygen atoms in total. The molecule has 0 unspecified atom stereocenters. The van der Waals surface area contributed by atoms with Crippen LogP contribution in [0, 0.1) is 0 Å². The summed E-state index contributed by atoms with van der Waals surface area (Å²) in [6, 6.07) is 24.1. The van der Waals surface area contributed by atoms with Crippen LogP contribution in [-0.2, 0) is 6.61 Å². The van der Waals surface area contributed by atoms with Crippen LogP contribution in [0.15, 0.2) is 88.4 Å². The minimum Gasteiger partial charge on any atom is -0.507 e. The number of fused-ring (bicyclic) bond motifs is 1. The number of para-hydroxylation sites is 1. The van der Waals surface area contributed by atoms with Gasteiger partial charge >= 0.3 is 0 Å². The predicted octanol–water partition coefficient (Wildman–Crippen LogP) is 5.66. The van der Waals surface area contributed by atoms with Crippen molar-refractivity contribution in [2.45, 2.75) is 6.61 Å². The number of nitrogens with zero attached hydrogens (tertiary/aromatic N) is 1. The zero-order valence-electron chi connectivity index (χ0n) is 17.8. The SMILES string of the molecule is COc1cc(/C=N\NC(=O)c2ccccc2O)c(Br)cc1OCc1cccc2ccccc12. The van der Waals surface area contributed by atoms with Gasteiger partial charge in [0.25, 0.3) is 5.91 Å². The third kappa shape index (κ3) is 5.15. The number of aromatic hydroxyl groups is 1. The average Bonchev–Trinajstić information content (AvgIpc) is 2.84. The maximum atomic E-state index is 12.2. The molecule has 0 bridgehead atoms. The van der Waals surface area contributed by atoms with Crippen LogP contribution < -0.4 is 14.9 Å². The highest BCUT2D eigenvalue weighted by Gasteiger charge is 2.12. The average molecular weight is 505 g/mol. The van der Waals surface area contributed by atoms with E-state index in [-0.39, 0.29) is 11.3 Å². The van der Waals surface area contributed by atoms with Crippen molar-refractivity contribution in [2.75, 3.05) is 7.11 Å². The fourth-order valence-electron chi connectivity index (χ4n) is 3.38. The second-order valence-corrected chi connectivity index (χ2v) is 8.02. The van der Waals surface area contributed by atoms with E-state index >= 15 is 0 Å². The Hall–Kier alpha value is -3.84. The normalized spacial score (nSPS) is 11.0. The number of benzene rings is 4. The molecule has 0 fully saturated rings. The fraction of sp³-hybridized carbons (Fsp3) is 0.0769. The van der Waals surface area contributed by atoms with Gasteiger partial charge in [0, 0.05) is 10.0 Å². The molecule has 4 aromatic carbocycles. The van der Waals surface area contributed by atoms with Gasteiger partial charge in [-0.15, -0.1) is 0 Å². The van der Waals surface area contributed by atoms with Crippen molar-refractivity contribution in [3.63, 3.8) is 0 Å². The molecule has 33 heavy (non-hydrogen) atoms. The lowest BCUT2D eigenvalue weighted by Gasteiger charge is -2.14. The fourth-order valence-corrected chi connectivity index (χ4v) is 3.81. The van der Waals surface area contributed by atoms with Gasteiger partial charge in [-0.3, -0.25) is 4.79 Å². The number of amides is 1. The zero-order valence-corrected chi connectivity index (χ0v) is 19.4. The lowest BCUT2D eigenvalue weighted by molar-refractivity contribution is 0.0952. The number of halogens is 1. The summed E-state index contributed by atoms with van der Waals surface area (Å²) in [6.45, 7) is 0.383. The number of methoxy groups -OCH3 is 1. The molecule has 7 heteroatoms. The van der Waals surface area contributed by atoms with Gasteiger partial charge in [-0.1, -0.05) is 54.6 Å². The molecular formula is C26H21BrN2O4. The molecule has 0 atom stereocenters. The maximum absolute atomic E-state index is 12.2. The molecule has 0 saturated heterocycles. The summed E-state index contributed by atoms with van der Waals surface area (Å²) >= 11 is 3.52. The van der Waals surface area contributed by atoms with Crippen molar-refractivity contribution >= 4 is 38.8 Å². The summed E-state index contributed by atoms with van der Waals surface area (Å²) in [4.78, 5) is 12.2. The lowest BCUT2D eigenvalue weighted by atomic mass is 10.1. The highest BCUT2D eigenvalue weighted by atomic mass is 79.9. The molecule has 0 spiro atoms. The van der Waals surface area contributed by atoms with Gasteiger partial charge in [0.15, 0.2) is 11.5 Å². The second kappa shape index (κ2) is 10.2. The van der Waals surface area contributed by atoms with E-state index in [2.05, 4.69) is 44.7 Å². The summed E-state index contributed by atoms with van der Waals surface area (Å²) in [7, 11) is 1.56. The van der Waals surface area contributed by atoms with Gasteiger partial charge in [0.2, 0.25) is 0 Å². The summed E-state index contributed by atoms with van der Waals surface area (Å²) in [5.74, 6) is 0.489. The molecule has 0 saturated carbocycles. The first-order chi connectivity index (χ1) is 16.1. The van der Waals surface area contributed by atoms with Crippen LogP contribution in [0.25, 0.3) is 10.8 Å². The molecule has 4 aromatic rings. The lowest BCUT2D eigenvalue weighted by Crippen LogP contribution is -2.17. The highest BCUT2D eigenvalue weighted by molar-refractivity contribution is 9.10. The Bertz CT molecular complexity index is 1330. The minimum absolute atomic E-state index is 0.110. The molecule has 0 aliphatic heterocycles. The third-order valence-electron chi connectivity index (χ3n) is 5.06. The van der Waals surface area contributed by atoms with Gasteiger partial charge in [-0.25, -0.2) is 5.43 Å². The van der Waals surface area contributed by atoms with Gasteiger partial charge in [0.05, 0.1) is 18.9 Å². The number of carbonyl (C=O) groups is 1. The monoisotopic (exact) mass is 504 g/mol. The van der Waals surface area contributed by atoms with Crippen LogP contribution in [-0.4, -0.2) is 24.3 Å². The van der Waals surface area contributed by atoms with Gasteiger partial charge in [-0.05, 0) is 56.5 Å². The number of hydrogen-bond donors (Lipinski definition) is 2. The summed E-state index contributed by atoms with van der Waals surface area (Å²) in [5, 5.41) is 16.1. The first-order valence-corrected chi connectivity index (χ1v) is 10.9. The number of phenols is 1. The first-order valence-electron chi connectivity index (χ1n) is 10.1. The first kappa shape index (κ1) is 22.4. The van der Waals surface area contributed by atoms with Gasteiger partial charge < -0.3 is 14.6 Å². The van der Waals surface area contributed by atoms with E-state index in [9.17, 15) is 9.90 Å². The largest absolute Gasteiger partial charge is 0.507 e. The Morgan fingerprint density at radius 1 is 1.03 bits per heavy atom. The van der Waals surface area contributed by atoms with Crippen molar-refractivity contribution in [3.05, 3.63) is 100 Å². The summed E-state index contributed by atoms with van der Waals surface area (Å²) in [6.07, 6.45) is 1.49. The Kier molecular flexibility index (Phi) is 6.90. The predicted molar refractivity (Wildman–Crippen MR) is 132 cm³/mol. The summed E-state index contributed by atoms with van der Waals surface area (Å²) in [5.41, 5.74) is 4.31. The van der Waals surface area contributed by atoms with Crippen molar-refractivity contribution < 1.29 is 19.4 Å². The van der Waals surface area contributed by atoms with E-state index in [0.29, 0.717) is 23.7 Å². The zero-order chi connectivity index (χ0) is 23.2. The Balaban J connectivity index is 1.49. The van der Waals surface area contributed by atoms with Crippen LogP contribution in [0.1, 0.15) is 21.5 Å². The van der Waals surface area contributed by atoms with Crippen LogP contribution in [0.4, 0.5) is 0 Å². The van der Waals surface area contributed by atoms with E-state index in [0.717, 1.165) is 20.8 Å². The van der Waals surface area contributed by atoms with E-state index in [4.69, 9.17) is 9.47 Å². The smallest absolute Gasteiger partial charge is 0.275 e. The number of rotatable bonds is 7. The van der Waals surface area contributed by atoms with Crippen LogP contribution >= 0.6 is 15.9 Å². The molecule has 0 aliphatic rings. The Morgan fingerprint density at radius 2 is 1.79 bits per heavy atom. The third-order valence-corrected chi connectivity index (χ3v) is 5.75. The standard InChI is InChI=1S/C26H21BrN2O4/c1-32-24-13-19(15-28-29-26(31)21-11-4-5-12-23(21)30)22(27)14-25(24)33-16-18-9-6-8-17-7-2-3-10-20(17)18/h2-15,30H,16H2,1H3,(H,29,31)/b28-15-. The van der Waals surface area contributed by atoms with Crippen LogP contribution in [0.2, 0.25) is 0 Å². The van der Waals surface area contributed by atoms with Gasteiger partial charge in [-0.2, -0.15) is 5.10 Å². The van der Waals surface area contributed by atoms with Crippen LogP contribution in [0.3, 0.4) is 0 Å². The summed E-state index contributed by atoms with van der Waals surface area (Å²) < 4.78 is 12.3. The number of phenolic OH excluding ortho intramolecular Hbond substituents is 1. The van der Waals surface area contributed by atoms with E-state index < -0.39 is 5.91 Å². The quantitative estimate of drug-likeness (QED) is 0.251. The minimum atomic E-state index is -0.512. The van der Waals surface area contributed by atoms with E-state index in [1.165, 1.54) is 18.3 Å². The molecular weight excluding hydrogens is 484 g/mol. The number of hydrazone groups is 1. The van der Waals surface area contributed by atoms with Crippen molar-refractivity contribution in [3.8, 4) is 17.2 Å². The topological polar surface area (TPSA) is 80.2 Å². The molecule has 0 heterocycles. The molecule has 166 valence electrons. The molecule has 1 amide bonds. The number of carbonyl (C=O) groups excluding carboxylic acids is 1. The Labute approximate surface area is 199 Å². The van der Waals surface area contributed by atoms with Gasteiger partial charge in [0.1, 0.15) is 12.4 Å². The molecule has 0 radical (unpaired) electrons. The number of nitrogens with one attached hydrogen (secondary N) is 1. The second-order valence-electron chi connectivity index (χ2n) is 7.17. The number of ether oxygens (including phenoxy) is 2. The van der Waals surface area contributed by atoms with E-state index in [1.807, 2.05) is 24.3 Å². The van der Waals surface area contributed by atoms with Crippen molar-refractivity contribution in [1.82, 2.24) is 5.43 Å². The van der Waals surface area contributed by atoms with E-state index in [1.54, 1.807) is 31.4 Å². The highest BCUT2D eigenvalue weighted by Crippen LogP contribution is 2.34. The molecule has 4 rings (SSSR count).